The SMILES string of the molecule is CC(C)(O)c1ccc(S(N)=NC(=O)Nc2c3c(cc4c2CCC4)CCC3)cn1. The van der Waals surface area contributed by atoms with Crippen molar-refractivity contribution < 1.29 is 9.90 Å². The van der Waals surface area contributed by atoms with E-state index in [2.05, 4.69) is 20.7 Å². The Labute approximate surface area is 167 Å². The minimum atomic E-state index is -1.10. The second-order valence-electron chi connectivity index (χ2n) is 8.01. The monoisotopic (exact) mass is 398 g/mol. The third-order valence-corrected chi connectivity index (χ3v) is 6.58. The molecule has 0 radical (unpaired) electrons. The minimum Gasteiger partial charge on any atom is -0.384 e. The van der Waals surface area contributed by atoms with Crippen molar-refractivity contribution in [3.05, 3.63) is 52.3 Å². The van der Waals surface area contributed by atoms with E-state index in [1.54, 1.807) is 32.2 Å². The van der Waals surface area contributed by atoms with Crippen LogP contribution < -0.4 is 10.5 Å². The fourth-order valence-corrected chi connectivity index (χ4v) is 4.80. The molecule has 0 spiro atoms. The van der Waals surface area contributed by atoms with Crippen molar-refractivity contribution in [1.29, 1.82) is 0 Å². The Morgan fingerprint density at radius 2 is 1.82 bits per heavy atom. The van der Waals surface area contributed by atoms with E-state index in [-0.39, 0.29) is 0 Å². The zero-order valence-corrected chi connectivity index (χ0v) is 17.1. The number of nitrogens with one attached hydrogen (secondary N) is 1. The van der Waals surface area contributed by atoms with Crippen LogP contribution in [0, 0.1) is 0 Å². The van der Waals surface area contributed by atoms with Crippen LogP contribution in [0.3, 0.4) is 0 Å². The molecular formula is C21H26N4O2S. The van der Waals surface area contributed by atoms with Crippen LogP contribution in [-0.4, -0.2) is 16.1 Å². The Morgan fingerprint density at radius 3 is 2.36 bits per heavy atom. The van der Waals surface area contributed by atoms with Gasteiger partial charge in [-0.2, -0.15) is 4.36 Å². The number of anilines is 1. The fourth-order valence-electron chi connectivity index (χ4n) is 4.10. The maximum absolute atomic E-state index is 12.6. The van der Waals surface area contributed by atoms with E-state index < -0.39 is 22.5 Å². The first-order valence-electron chi connectivity index (χ1n) is 9.70. The number of rotatable bonds is 3. The van der Waals surface area contributed by atoms with Gasteiger partial charge in [-0.3, -0.25) is 10.1 Å². The molecule has 1 heterocycles. The van der Waals surface area contributed by atoms with E-state index in [9.17, 15) is 9.90 Å². The van der Waals surface area contributed by atoms with Crippen LogP contribution >= 0.6 is 0 Å². The number of carbonyl (C=O) groups excluding carboxylic acids is 1. The summed E-state index contributed by atoms with van der Waals surface area (Å²) in [5, 5.41) is 19.2. The molecule has 4 rings (SSSR count). The Kier molecular flexibility index (Phi) is 5.07. The molecule has 2 aromatic rings. The van der Waals surface area contributed by atoms with Crippen LogP contribution in [0.15, 0.2) is 33.7 Å². The number of nitrogens with two attached hydrogens (primary N) is 1. The van der Waals surface area contributed by atoms with Gasteiger partial charge < -0.3 is 10.4 Å². The summed E-state index contributed by atoms with van der Waals surface area (Å²) in [5.41, 5.74) is 5.79. The Morgan fingerprint density at radius 1 is 1.18 bits per heavy atom. The lowest BCUT2D eigenvalue weighted by Crippen LogP contribution is -2.18. The number of aryl methyl sites for hydroxylation is 2. The molecule has 148 valence electrons. The third-order valence-electron chi connectivity index (χ3n) is 5.49. The average molecular weight is 399 g/mol. The quantitative estimate of drug-likeness (QED) is 0.736. The van der Waals surface area contributed by atoms with Crippen molar-refractivity contribution >= 4 is 22.6 Å². The highest BCUT2D eigenvalue weighted by Crippen LogP contribution is 2.38. The van der Waals surface area contributed by atoms with Crippen LogP contribution in [0.5, 0.6) is 0 Å². The highest BCUT2D eigenvalue weighted by molar-refractivity contribution is 7.85. The van der Waals surface area contributed by atoms with Crippen molar-refractivity contribution in [3.63, 3.8) is 0 Å². The van der Waals surface area contributed by atoms with Gasteiger partial charge in [-0.25, -0.2) is 4.79 Å². The molecule has 0 aliphatic heterocycles. The summed E-state index contributed by atoms with van der Waals surface area (Å²) in [6.07, 6.45) is 8.04. The summed E-state index contributed by atoms with van der Waals surface area (Å²) >= 11 is 0. The molecule has 1 aromatic carbocycles. The number of aliphatic hydroxyl groups is 1. The van der Waals surface area contributed by atoms with Crippen LogP contribution in [-0.2, 0) is 42.2 Å². The van der Waals surface area contributed by atoms with Gasteiger partial charge in [-0.15, -0.1) is 0 Å². The lowest BCUT2D eigenvalue weighted by atomic mass is 9.99. The molecule has 0 bridgehead atoms. The number of urea groups is 1. The molecule has 0 saturated heterocycles. The largest absolute Gasteiger partial charge is 0.384 e. The van der Waals surface area contributed by atoms with E-state index >= 15 is 0 Å². The summed E-state index contributed by atoms with van der Waals surface area (Å²) in [6.45, 7) is 3.34. The number of pyridine rings is 1. The standard InChI is InChI=1S/C21H26N4O2S/c1-21(2,27)18-10-9-15(12-23-18)28(22)25-20(26)24-19-16-7-3-5-13(16)11-14-6-4-8-17(14)19/h9-12,27H,3-8H2,1-2H3,(H3,22,24,25,26). The topological polar surface area (TPSA) is 101 Å². The van der Waals surface area contributed by atoms with Crippen molar-refractivity contribution in [2.24, 2.45) is 9.50 Å². The molecular weight excluding hydrogens is 372 g/mol. The maximum atomic E-state index is 12.6. The number of benzene rings is 1. The Hall–Kier alpha value is -2.09. The van der Waals surface area contributed by atoms with E-state index in [0.29, 0.717) is 10.6 Å². The Bertz CT molecular complexity index is 930. The second-order valence-corrected chi connectivity index (χ2v) is 9.29. The van der Waals surface area contributed by atoms with Gasteiger partial charge in [-0.1, -0.05) is 6.07 Å². The summed E-state index contributed by atoms with van der Waals surface area (Å²) in [6, 6.07) is 5.40. The number of hydrogen-bond acceptors (Lipinski definition) is 3. The molecule has 0 fully saturated rings. The van der Waals surface area contributed by atoms with Crippen molar-refractivity contribution in [2.45, 2.75) is 62.9 Å². The number of amides is 2. The predicted molar refractivity (Wildman–Crippen MR) is 111 cm³/mol. The Balaban J connectivity index is 1.57. The van der Waals surface area contributed by atoms with E-state index in [4.69, 9.17) is 5.14 Å². The highest BCUT2D eigenvalue weighted by Gasteiger charge is 2.25. The first-order chi connectivity index (χ1) is 13.3. The highest BCUT2D eigenvalue weighted by atomic mass is 32.2. The number of carbonyl (C=O) groups is 1. The molecule has 2 aliphatic carbocycles. The van der Waals surface area contributed by atoms with E-state index in [1.165, 1.54) is 22.3 Å². The molecule has 4 N–H and O–H groups in total. The van der Waals surface area contributed by atoms with Crippen LogP contribution in [0.4, 0.5) is 10.5 Å². The summed E-state index contributed by atoms with van der Waals surface area (Å²) in [4.78, 5) is 17.5. The molecule has 2 amide bonds. The van der Waals surface area contributed by atoms with Gasteiger partial charge in [0.1, 0.15) is 5.60 Å². The second kappa shape index (κ2) is 7.39. The van der Waals surface area contributed by atoms with Crippen molar-refractivity contribution in [1.82, 2.24) is 4.98 Å². The van der Waals surface area contributed by atoms with Gasteiger partial charge in [0.2, 0.25) is 0 Å². The molecule has 1 unspecified atom stereocenters. The van der Waals surface area contributed by atoms with E-state index in [1.807, 2.05) is 0 Å². The average Bonchev–Trinajstić information content (AvgIpc) is 3.30. The molecule has 1 atom stereocenters. The summed E-state index contributed by atoms with van der Waals surface area (Å²) in [5.74, 6) is 0. The molecule has 0 saturated carbocycles. The fraction of sp³-hybridized carbons (Fsp3) is 0.429. The lowest BCUT2D eigenvalue weighted by molar-refractivity contribution is 0.0737. The van der Waals surface area contributed by atoms with Gasteiger partial charge in [-0.05, 0) is 86.8 Å². The van der Waals surface area contributed by atoms with Gasteiger partial charge in [0.05, 0.1) is 10.6 Å². The number of hydrogen-bond donors (Lipinski definition) is 3. The molecule has 7 heteroatoms. The minimum absolute atomic E-state index is 0.410. The lowest BCUT2D eigenvalue weighted by Gasteiger charge is -2.16. The number of aromatic nitrogens is 1. The normalized spacial score (nSPS) is 16.7. The molecule has 28 heavy (non-hydrogen) atoms. The summed E-state index contributed by atoms with van der Waals surface area (Å²) < 4.78 is 4.14. The van der Waals surface area contributed by atoms with Gasteiger partial charge in [0.15, 0.2) is 0 Å². The first kappa shape index (κ1) is 19.2. The van der Waals surface area contributed by atoms with E-state index in [0.717, 1.165) is 44.2 Å². The number of nitrogens with zero attached hydrogens (tertiary/aromatic N) is 2. The first-order valence-corrected chi connectivity index (χ1v) is 10.9. The predicted octanol–water partition coefficient (Wildman–Crippen LogP) is 3.55. The van der Waals surface area contributed by atoms with Gasteiger partial charge in [0.25, 0.3) is 0 Å². The van der Waals surface area contributed by atoms with Crippen molar-refractivity contribution in [3.8, 4) is 0 Å². The van der Waals surface area contributed by atoms with Crippen LogP contribution in [0.25, 0.3) is 0 Å². The summed E-state index contributed by atoms with van der Waals surface area (Å²) in [7, 11) is -1.10. The van der Waals surface area contributed by atoms with Gasteiger partial charge >= 0.3 is 6.03 Å². The molecule has 6 nitrogen and oxygen atoms in total. The van der Waals surface area contributed by atoms with Crippen LogP contribution in [0.2, 0.25) is 0 Å². The molecule has 2 aliphatic rings. The zero-order chi connectivity index (χ0) is 19.9. The third kappa shape index (κ3) is 3.74. The smallest absolute Gasteiger partial charge is 0.352 e. The molecule has 1 aromatic heterocycles. The van der Waals surface area contributed by atoms with Crippen molar-refractivity contribution in [2.75, 3.05) is 5.32 Å². The van der Waals surface area contributed by atoms with Gasteiger partial charge in [0, 0.05) is 22.8 Å². The zero-order valence-electron chi connectivity index (χ0n) is 16.3. The number of fused-ring (bicyclic) bond motifs is 2. The van der Waals surface area contributed by atoms with Crippen LogP contribution in [0.1, 0.15) is 54.6 Å². The maximum Gasteiger partial charge on any atom is 0.352 e.